The maximum absolute atomic E-state index is 14.1. The van der Waals surface area contributed by atoms with Gasteiger partial charge in [-0.3, -0.25) is 13.9 Å². The van der Waals surface area contributed by atoms with Crippen molar-refractivity contribution >= 4 is 50.7 Å². The van der Waals surface area contributed by atoms with Crippen molar-refractivity contribution in [3.8, 4) is 0 Å². The summed E-state index contributed by atoms with van der Waals surface area (Å²) in [7, 11) is -4.15. The van der Waals surface area contributed by atoms with E-state index in [-0.39, 0.29) is 23.3 Å². The minimum atomic E-state index is -4.15. The number of halogens is 2. The Kier molecular flexibility index (Phi) is 10.6. The van der Waals surface area contributed by atoms with Gasteiger partial charge in [-0.25, -0.2) is 8.42 Å². The fourth-order valence-electron chi connectivity index (χ4n) is 4.13. The second-order valence-corrected chi connectivity index (χ2v) is 12.8. The first-order valence-electron chi connectivity index (χ1n) is 13.0. The lowest BCUT2D eigenvalue weighted by Gasteiger charge is -2.33. The van der Waals surface area contributed by atoms with Crippen molar-refractivity contribution in [2.45, 2.75) is 52.1 Å². The summed E-state index contributed by atoms with van der Waals surface area (Å²) in [6, 6.07) is 17.3. The van der Waals surface area contributed by atoms with Gasteiger partial charge in [0.15, 0.2) is 0 Å². The number of nitrogens with one attached hydrogen (secondary N) is 1. The molecule has 0 aromatic heterocycles. The Morgan fingerprint density at radius 3 is 2.08 bits per heavy atom. The number of hydrogen-bond acceptors (Lipinski definition) is 4. The molecule has 0 aliphatic heterocycles. The van der Waals surface area contributed by atoms with E-state index < -0.39 is 28.5 Å². The van der Waals surface area contributed by atoms with Gasteiger partial charge < -0.3 is 10.2 Å². The summed E-state index contributed by atoms with van der Waals surface area (Å²) in [6.07, 6.45) is 0. The SMILES string of the molecule is Cc1cccc(N(CC(=O)N(Cc2c(Cl)cccc2Cl)[C@H](C)C(=O)NCC(C)C)S(=O)(=O)c2ccccc2)c1C. The summed E-state index contributed by atoms with van der Waals surface area (Å²) < 4.78 is 29.0. The number of rotatable bonds is 11. The topological polar surface area (TPSA) is 86.8 Å². The lowest BCUT2D eigenvalue weighted by molar-refractivity contribution is -0.139. The minimum Gasteiger partial charge on any atom is -0.354 e. The maximum Gasteiger partial charge on any atom is 0.264 e. The van der Waals surface area contributed by atoms with E-state index in [1.807, 2.05) is 33.8 Å². The quantitative estimate of drug-likeness (QED) is 0.291. The summed E-state index contributed by atoms with van der Waals surface area (Å²) >= 11 is 12.9. The molecule has 0 saturated heterocycles. The predicted octanol–water partition coefficient (Wildman–Crippen LogP) is 6.00. The molecule has 0 heterocycles. The molecule has 0 aliphatic carbocycles. The normalized spacial score (nSPS) is 12.2. The third kappa shape index (κ3) is 7.36. The Balaban J connectivity index is 2.08. The van der Waals surface area contributed by atoms with E-state index in [0.29, 0.717) is 27.8 Å². The van der Waals surface area contributed by atoms with Gasteiger partial charge in [-0.15, -0.1) is 0 Å². The summed E-state index contributed by atoms with van der Waals surface area (Å²) in [4.78, 5) is 28.6. The van der Waals surface area contributed by atoms with Gasteiger partial charge in [0.2, 0.25) is 11.8 Å². The van der Waals surface area contributed by atoms with Gasteiger partial charge >= 0.3 is 0 Å². The predicted molar refractivity (Wildman–Crippen MR) is 161 cm³/mol. The Labute approximate surface area is 247 Å². The van der Waals surface area contributed by atoms with E-state index in [1.165, 1.54) is 17.0 Å². The number of sulfonamides is 1. The third-order valence-electron chi connectivity index (χ3n) is 6.70. The van der Waals surface area contributed by atoms with Crippen LogP contribution in [0.1, 0.15) is 37.5 Å². The molecular formula is C30H35Cl2N3O4S. The number of carbonyl (C=O) groups excluding carboxylic acids is 2. The highest BCUT2D eigenvalue weighted by Crippen LogP contribution is 2.30. The highest BCUT2D eigenvalue weighted by molar-refractivity contribution is 7.92. The molecule has 7 nitrogen and oxygen atoms in total. The highest BCUT2D eigenvalue weighted by atomic mass is 35.5. The van der Waals surface area contributed by atoms with Crippen LogP contribution in [0.25, 0.3) is 0 Å². The molecule has 40 heavy (non-hydrogen) atoms. The van der Waals surface area contributed by atoms with Crippen LogP contribution in [-0.4, -0.2) is 44.3 Å². The van der Waals surface area contributed by atoms with Crippen LogP contribution in [0.5, 0.6) is 0 Å². The summed E-state index contributed by atoms with van der Waals surface area (Å²) in [5, 5.41) is 3.53. The largest absolute Gasteiger partial charge is 0.354 e. The Morgan fingerprint density at radius 1 is 0.875 bits per heavy atom. The lowest BCUT2D eigenvalue weighted by atomic mass is 10.1. The number of hydrogen-bond donors (Lipinski definition) is 1. The van der Waals surface area contributed by atoms with Gasteiger partial charge in [-0.1, -0.05) is 73.4 Å². The molecule has 0 radical (unpaired) electrons. The van der Waals surface area contributed by atoms with Crippen LogP contribution in [0.4, 0.5) is 5.69 Å². The van der Waals surface area contributed by atoms with Crippen LogP contribution in [0.3, 0.4) is 0 Å². The van der Waals surface area contributed by atoms with Crippen molar-refractivity contribution < 1.29 is 18.0 Å². The Bertz CT molecular complexity index is 1440. The van der Waals surface area contributed by atoms with Crippen molar-refractivity contribution in [1.82, 2.24) is 10.2 Å². The van der Waals surface area contributed by atoms with Gasteiger partial charge in [0.1, 0.15) is 12.6 Å². The number of anilines is 1. The molecule has 3 aromatic rings. The Morgan fingerprint density at radius 2 is 1.48 bits per heavy atom. The molecule has 3 aromatic carbocycles. The van der Waals surface area contributed by atoms with Crippen LogP contribution in [0.15, 0.2) is 71.6 Å². The molecule has 0 saturated carbocycles. The van der Waals surface area contributed by atoms with Gasteiger partial charge in [0.25, 0.3) is 10.0 Å². The molecule has 0 bridgehead atoms. The van der Waals surface area contributed by atoms with E-state index >= 15 is 0 Å². The number of aryl methyl sites for hydroxylation is 1. The molecule has 0 unspecified atom stereocenters. The molecule has 0 aliphatic rings. The zero-order valence-electron chi connectivity index (χ0n) is 23.3. The van der Waals surface area contributed by atoms with Crippen LogP contribution in [-0.2, 0) is 26.2 Å². The number of carbonyl (C=O) groups is 2. The minimum absolute atomic E-state index is 0.0483. The van der Waals surface area contributed by atoms with E-state index in [1.54, 1.807) is 55.5 Å². The molecule has 1 N–H and O–H groups in total. The van der Waals surface area contributed by atoms with Crippen molar-refractivity contribution in [1.29, 1.82) is 0 Å². The standard InChI is InChI=1S/C30H35Cl2N3O4S/c1-20(2)17-33-30(37)23(5)34(18-25-26(31)14-10-15-27(25)32)29(36)19-35(28-16-9-11-21(3)22(28)4)40(38,39)24-12-7-6-8-13-24/h6-16,20,23H,17-19H2,1-5H3,(H,33,37)/t23-/m1/s1. The summed E-state index contributed by atoms with van der Waals surface area (Å²) in [5.74, 6) is -0.743. The lowest BCUT2D eigenvalue weighted by Crippen LogP contribution is -2.51. The molecule has 3 rings (SSSR count). The van der Waals surface area contributed by atoms with E-state index in [4.69, 9.17) is 23.2 Å². The first kappa shape index (κ1) is 31.5. The van der Waals surface area contributed by atoms with Gasteiger partial charge in [-0.05, 0) is 68.1 Å². The number of benzene rings is 3. The monoisotopic (exact) mass is 603 g/mol. The van der Waals surface area contributed by atoms with Gasteiger partial charge in [-0.2, -0.15) is 0 Å². The van der Waals surface area contributed by atoms with Crippen LogP contribution < -0.4 is 9.62 Å². The van der Waals surface area contributed by atoms with Crippen LogP contribution in [0.2, 0.25) is 10.0 Å². The summed E-state index contributed by atoms with van der Waals surface area (Å²) in [6.45, 7) is 9.03. The summed E-state index contributed by atoms with van der Waals surface area (Å²) in [5.41, 5.74) is 2.44. The molecule has 10 heteroatoms. The molecule has 2 amide bonds. The van der Waals surface area contributed by atoms with Gasteiger partial charge in [0, 0.05) is 28.7 Å². The van der Waals surface area contributed by atoms with E-state index in [2.05, 4.69) is 5.32 Å². The molecule has 0 fully saturated rings. The highest BCUT2D eigenvalue weighted by Gasteiger charge is 2.33. The Hall–Kier alpha value is -3.07. The zero-order chi connectivity index (χ0) is 29.6. The smallest absolute Gasteiger partial charge is 0.264 e. The number of amides is 2. The first-order valence-corrected chi connectivity index (χ1v) is 15.2. The second-order valence-electron chi connectivity index (χ2n) is 10.1. The average Bonchev–Trinajstić information content (AvgIpc) is 2.92. The second kappa shape index (κ2) is 13.5. The maximum atomic E-state index is 14.1. The zero-order valence-corrected chi connectivity index (χ0v) is 25.6. The van der Waals surface area contributed by atoms with Crippen molar-refractivity contribution in [2.75, 3.05) is 17.4 Å². The van der Waals surface area contributed by atoms with Crippen molar-refractivity contribution in [2.24, 2.45) is 5.92 Å². The van der Waals surface area contributed by atoms with Crippen molar-refractivity contribution in [3.05, 3.63) is 93.5 Å². The van der Waals surface area contributed by atoms with Crippen molar-refractivity contribution in [3.63, 3.8) is 0 Å². The van der Waals surface area contributed by atoms with E-state index in [9.17, 15) is 18.0 Å². The molecule has 214 valence electrons. The fraction of sp³-hybridized carbons (Fsp3) is 0.333. The van der Waals surface area contributed by atoms with Gasteiger partial charge in [0.05, 0.1) is 10.6 Å². The molecule has 0 spiro atoms. The molecular weight excluding hydrogens is 569 g/mol. The fourth-order valence-corrected chi connectivity index (χ4v) is 6.14. The van der Waals surface area contributed by atoms with Crippen LogP contribution in [0, 0.1) is 19.8 Å². The molecule has 1 atom stereocenters. The first-order chi connectivity index (χ1) is 18.8. The van der Waals surface area contributed by atoms with E-state index in [0.717, 1.165) is 15.4 Å². The van der Waals surface area contributed by atoms with Crippen LogP contribution >= 0.6 is 23.2 Å². The average molecular weight is 605 g/mol. The number of nitrogens with zero attached hydrogens (tertiary/aromatic N) is 2. The third-order valence-corrected chi connectivity index (χ3v) is 9.18.